The molecule has 1 unspecified atom stereocenters. The number of halogens is 3. The van der Waals surface area contributed by atoms with Crippen LogP contribution in [-0.4, -0.2) is 0 Å². The summed E-state index contributed by atoms with van der Waals surface area (Å²) < 4.78 is 13.4. The molecule has 1 nitrogen and oxygen atoms in total. The predicted octanol–water partition coefficient (Wildman–Crippen LogP) is 4.55. The maximum Gasteiger partial charge on any atom is 0.142 e. The molecule has 2 N–H and O–H groups in total. The van der Waals surface area contributed by atoms with Crippen molar-refractivity contribution in [3.8, 4) is 0 Å². The van der Waals surface area contributed by atoms with E-state index in [1.54, 1.807) is 24.3 Å². The topological polar surface area (TPSA) is 26.0 Å². The average Bonchev–Trinajstić information content (AvgIpc) is 2.35. The first kappa shape index (κ1) is 14.3. The summed E-state index contributed by atoms with van der Waals surface area (Å²) in [7, 11) is 0. The summed E-state index contributed by atoms with van der Waals surface area (Å²) >= 11 is 11.8. The van der Waals surface area contributed by atoms with Crippen LogP contribution in [0.2, 0.25) is 10.0 Å². The van der Waals surface area contributed by atoms with E-state index in [2.05, 4.69) is 0 Å². The van der Waals surface area contributed by atoms with Crippen molar-refractivity contribution in [2.24, 2.45) is 5.73 Å². The van der Waals surface area contributed by atoms with Gasteiger partial charge in [-0.15, -0.1) is 0 Å². The first-order chi connectivity index (χ1) is 8.90. The maximum atomic E-state index is 13.4. The van der Waals surface area contributed by atoms with Gasteiger partial charge in [-0.1, -0.05) is 47.5 Å². The fourth-order valence-corrected chi connectivity index (χ4v) is 2.33. The van der Waals surface area contributed by atoms with E-state index in [-0.39, 0.29) is 5.02 Å². The maximum absolute atomic E-state index is 13.4. The van der Waals surface area contributed by atoms with E-state index in [0.717, 1.165) is 5.56 Å². The molecule has 0 aliphatic carbocycles. The molecule has 100 valence electrons. The molecule has 0 radical (unpaired) electrons. The van der Waals surface area contributed by atoms with Crippen molar-refractivity contribution >= 4 is 23.2 Å². The zero-order valence-electron chi connectivity index (χ0n) is 10.5. The molecule has 4 heteroatoms. The third kappa shape index (κ3) is 3.27. The number of rotatable bonds is 3. The van der Waals surface area contributed by atoms with Crippen molar-refractivity contribution in [1.29, 1.82) is 0 Å². The van der Waals surface area contributed by atoms with E-state index in [1.807, 2.05) is 19.1 Å². The first-order valence-corrected chi connectivity index (χ1v) is 6.63. The summed E-state index contributed by atoms with van der Waals surface area (Å²) in [5.41, 5.74) is 7.30. The van der Waals surface area contributed by atoms with Crippen LogP contribution in [0.5, 0.6) is 0 Å². The quantitative estimate of drug-likeness (QED) is 0.884. The summed E-state index contributed by atoms with van der Waals surface area (Å²) in [6, 6.07) is 12.1. The van der Waals surface area contributed by atoms with Gasteiger partial charge in [-0.2, -0.15) is 0 Å². The Morgan fingerprint density at radius 1 is 1.11 bits per heavy atom. The van der Waals surface area contributed by atoms with Gasteiger partial charge in [-0.3, -0.25) is 0 Å². The molecule has 0 aliphatic heterocycles. The van der Waals surface area contributed by atoms with Gasteiger partial charge in [-0.25, -0.2) is 4.39 Å². The Bertz CT molecular complexity index is 579. The lowest BCUT2D eigenvalue weighted by Crippen LogP contribution is -2.35. The summed E-state index contributed by atoms with van der Waals surface area (Å²) in [6.07, 6.45) is 0.450. The van der Waals surface area contributed by atoms with E-state index in [9.17, 15) is 4.39 Å². The van der Waals surface area contributed by atoms with Crippen molar-refractivity contribution in [1.82, 2.24) is 0 Å². The van der Waals surface area contributed by atoms with Crippen LogP contribution in [0.15, 0.2) is 42.5 Å². The van der Waals surface area contributed by atoms with E-state index in [4.69, 9.17) is 28.9 Å². The highest BCUT2D eigenvalue weighted by Crippen LogP contribution is 2.28. The molecule has 2 rings (SSSR count). The summed E-state index contributed by atoms with van der Waals surface area (Å²) in [4.78, 5) is 0. The third-order valence-electron chi connectivity index (χ3n) is 3.09. The molecule has 0 amide bonds. The van der Waals surface area contributed by atoms with E-state index in [0.29, 0.717) is 17.0 Å². The molecule has 0 aliphatic rings. The molecule has 1 atom stereocenters. The van der Waals surface area contributed by atoms with Gasteiger partial charge in [-0.05, 0) is 42.7 Å². The highest BCUT2D eigenvalue weighted by Gasteiger charge is 2.23. The second kappa shape index (κ2) is 5.49. The van der Waals surface area contributed by atoms with Gasteiger partial charge in [0.1, 0.15) is 5.82 Å². The van der Waals surface area contributed by atoms with E-state index >= 15 is 0 Å². The van der Waals surface area contributed by atoms with Gasteiger partial charge in [0, 0.05) is 10.6 Å². The minimum Gasteiger partial charge on any atom is -0.321 e. The SMILES string of the molecule is CC(N)(Cc1cccc(F)c1Cl)c1ccc(Cl)cc1. The molecule has 2 aromatic carbocycles. The minimum absolute atomic E-state index is 0.133. The van der Waals surface area contributed by atoms with Crippen molar-refractivity contribution in [3.63, 3.8) is 0 Å². The minimum atomic E-state index is -0.637. The second-order valence-electron chi connectivity index (χ2n) is 4.81. The lowest BCUT2D eigenvalue weighted by Gasteiger charge is -2.26. The van der Waals surface area contributed by atoms with Gasteiger partial charge >= 0.3 is 0 Å². The van der Waals surface area contributed by atoms with Crippen LogP contribution >= 0.6 is 23.2 Å². The Balaban J connectivity index is 2.30. The molecular formula is C15H14Cl2FN. The molecule has 2 aromatic rings. The first-order valence-electron chi connectivity index (χ1n) is 5.88. The molecule has 19 heavy (non-hydrogen) atoms. The molecule has 0 aromatic heterocycles. The Morgan fingerprint density at radius 3 is 2.37 bits per heavy atom. The molecular weight excluding hydrogens is 284 g/mol. The van der Waals surface area contributed by atoms with Gasteiger partial charge in [0.05, 0.1) is 5.02 Å². The smallest absolute Gasteiger partial charge is 0.142 e. The van der Waals surface area contributed by atoms with E-state index < -0.39 is 11.4 Å². The van der Waals surface area contributed by atoms with Gasteiger partial charge in [0.25, 0.3) is 0 Å². The zero-order chi connectivity index (χ0) is 14.0. The number of nitrogens with two attached hydrogens (primary N) is 1. The van der Waals surface area contributed by atoms with Crippen molar-refractivity contribution in [2.45, 2.75) is 18.9 Å². The number of benzene rings is 2. The third-order valence-corrected chi connectivity index (χ3v) is 3.77. The number of hydrogen-bond acceptors (Lipinski definition) is 1. The Kier molecular flexibility index (Phi) is 4.14. The molecule has 0 bridgehead atoms. The van der Waals surface area contributed by atoms with Crippen LogP contribution in [0, 0.1) is 5.82 Å². The fourth-order valence-electron chi connectivity index (χ4n) is 2.01. The summed E-state index contributed by atoms with van der Waals surface area (Å²) in [6.45, 7) is 1.89. The molecule has 0 saturated carbocycles. The average molecular weight is 298 g/mol. The van der Waals surface area contributed by atoms with Crippen molar-refractivity contribution in [3.05, 3.63) is 69.5 Å². The highest BCUT2D eigenvalue weighted by molar-refractivity contribution is 6.31. The lowest BCUT2D eigenvalue weighted by atomic mass is 9.86. The largest absolute Gasteiger partial charge is 0.321 e. The van der Waals surface area contributed by atoms with Crippen LogP contribution in [0.4, 0.5) is 4.39 Å². The molecule has 0 saturated heterocycles. The van der Waals surface area contributed by atoms with Crippen LogP contribution in [0.3, 0.4) is 0 Å². The lowest BCUT2D eigenvalue weighted by molar-refractivity contribution is 0.489. The standard InChI is InChI=1S/C15H14Cl2FN/c1-15(19,11-5-7-12(16)8-6-11)9-10-3-2-4-13(18)14(10)17/h2-8H,9,19H2,1H3. The Morgan fingerprint density at radius 2 is 1.74 bits per heavy atom. The van der Waals surface area contributed by atoms with Crippen LogP contribution in [-0.2, 0) is 12.0 Å². The predicted molar refractivity (Wildman–Crippen MR) is 78.1 cm³/mol. The second-order valence-corrected chi connectivity index (χ2v) is 5.63. The van der Waals surface area contributed by atoms with E-state index in [1.165, 1.54) is 6.07 Å². The van der Waals surface area contributed by atoms with Crippen LogP contribution < -0.4 is 5.73 Å². The van der Waals surface area contributed by atoms with Gasteiger partial charge in [0.15, 0.2) is 0 Å². The summed E-state index contributed by atoms with van der Waals surface area (Å²) in [5, 5.41) is 0.788. The van der Waals surface area contributed by atoms with Crippen LogP contribution in [0.25, 0.3) is 0 Å². The fraction of sp³-hybridized carbons (Fsp3) is 0.200. The van der Waals surface area contributed by atoms with Crippen molar-refractivity contribution < 1.29 is 4.39 Å². The molecule has 0 fully saturated rings. The Hall–Kier alpha value is -1.09. The zero-order valence-corrected chi connectivity index (χ0v) is 12.0. The summed E-state index contributed by atoms with van der Waals surface area (Å²) in [5.74, 6) is -0.425. The number of hydrogen-bond donors (Lipinski definition) is 1. The van der Waals surface area contributed by atoms with Crippen LogP contribution in [0.1, 0.15) is 18.1 Å². The molecule has 0 heterocycles. The molecule has 0 spiro atoms. The normalized spacial score (nSPS) is 14.2. The van der Waals surface area contributed by atoms with Gasteiger partial charge < -0.3 is 5.73 Å². The highest BCUT2D eigenvalue weighted by atomic mass is 35.5. The monoisotopic (exact) mass is 297 g/mol. The Labute approximate surface area is 122 Å². The van der Waals surface area contributed by atoms with Gasteiger partial charge in [0.2, 0.25) is 0 Å². The van der Waals surface area contributed by atoms with Crippen molar-refractivity contribution in [2.75, 3.05) is 0 Å².